The number of carbonyl (C=O) groups excluding carboxylic acids is 4. The SMILES string of the molecule is O=C1CC(CC2CCN(C(=O)C(=O)Nc3ncn(Cc4cccc(Br)c4)n3)CC2)C(=O)N1. The number of amides is 4. The molecule has 0 radical (unpaired) electrons. The van der Waals surface area contributed by atoms with Crippen LogP contribution in [0.4, 0.5) is 5.95 Å². The van der Waals surface area contributed by atoms with Crippen molar-refractivity contribution in [1.82, 2.24) is 25.0 Å². The molecule has 2 aliphatic heterocycles. The van der Waals surface area contributed by atoms with Gasteiger partial charge in [0.05, 0.1) is 6.54 Å². The summed E-state index contributed by atoms with van der Waals surface area (Å²) in [5, 5.41) is 9.00. The molecule has 2 aromatic rings. The second-order valence-electron chi connectivity index (χ2n) is 8.13. The maximum absolute atomic E-state index is 12.5. The van der Waals surface area contributed by atoms with E-state index in [0.29, 0.717) is 38.9 Å². The van der Waals surface area contributed by atoms with E-state index in [2.05, 4.69) is 36.6 Å². The standard InChI is InChI=1S/C21H23BrN6O4/c22-16-3-1-2-14(9-16)11-28-12-23-21(26-28)25-19(31)20(32)27-6-4-13(5-7-27)8-15-10-17(29)24-18(15)30/h1-3,9,12-13,15H,4-8,10-11H2,(H,24,29,30)(H,25,26,31). The molecule has 1 aromatic carbocycles. The van der Waals surface area contributed by atoms with Gasteiger partial charge in [-0.3, -0.25) is 29.8 Å². The summed E-state index contributed by atoms with van der Waals surface area (Å²) >= 11 is 3.42. The molecule has 32 heavy (non-hydrogen) atoms. The smallest absolute Gasteiger partial charge is 0.316 e. The van der Waals surface area contributed by atoms with E-state index in [-0.39, 0.29) is 36.0 Å². The minimum absolute atomic E-state index is 0.0742. The van der Waals surface area contributed by atoms with E-state index in [1.165, 1.54) is 11.2 Å². The van der Waals surface area contributed by atoms with Gasteiger partial charge in [-0.25, -0.2) is 9.67 Å². The van der Waals surface area contributed by atoms with E-state index in [9.17, 15) is 19.2 Å². The Morgan fingerprint density at radius 3 is 2.69 bits per heavy atom. The Labute approximate surface area is 192 Å². The highest BCUT2D eigenvalue weighted by Crippen LogP contribution is 2.28. The van der Waals surface area contributed by atoms with Crippen molar-refractivity contribution in [2.45, 2.75) is 32.2 Å². The fourth-order valence-corrected chi connectivity index (χ4v) is 4.57. The molecule has 2 fully saturated rings. The van der Waals surface area contributed by atoms with Crippen LogP contribution in [0.2, 0.25) is 0 Å². The Bertz CT molecular complexity index is 1050. The minimum atomic E-state index is -0.774. The van der Waals surface area contributed by atoms with Gasteiger partial charge in [-0.15, -0.1) is 5.10 Å². The highest BCUT2D eigenvalue weighted by Gasteiger charge is 2.34. The molecule has 4 rings (SSSR count). The first-order chi connectivity index (χ1) is 15.4. The van der Waals surface area contributed by atoms with E-state index in [1.54, 1.807) is 4.68 Å². The van der Waals surface area contributed by atoms with E-state index in [0.717, 1.165) is 10.0 Å². The number of hydrogen-bond donors (Lipinski definition) is 2. The van der Waals surface area contributed by atoms with Gasteiger partial charge in [-0.05, 0) is 42.9 Å². The van der Waals surface area contributed by atoms with E-state index >= 15 is 0 Å². The first-order valence-corrected chi connectivity index (χ1v) is 11.2. The Balaban J connectivity index is 1.25. The molecule has 0 aliphatic carbocycles. The summed E-state index contributed by atoms with van der Waals surface area (Å²) < 4.78 is 2.54. The van der Waals surface area contributed by atoms with E-state index < -0.39 is 11.8 Å². The summed E-state index contributed by atoms with van der Waals surface area (Å²) in [7, 11) is 0. The number of carbonyl (C=O) groups is 4. The van der Waals surface area contributed by atoms with Crippen LogP contribution in [-0.2, 0) is 25.7 Å². The Morgan fingerprint density at radius 1 is 1.22 bits per heavy atom. The third-order valence-corrected chi connectivity index (χ3v) is 6.27. The number of piperidine rings is 1. The van der Waals surface area contributed by atoms with Gasteiger partial charge in [0.1, 0.15) is 6.33 Å². The summed E-state index contributed by atoms with van der Waals surface area (Å²) in [6.07, 6.45) is 3.75. The van der Waals surface area contributed by atoms with Crippen molar-refractivity contribution in [2.75, 3.05) is 18.4 Å². The molecule has 11 heteroatoms. The molecule has 2 aliphatic rings. The second-order valence-corrected chi connectivity index (χ2v) is 9.05. The number of hydrogen-bond acceptors (Lipinski definition) is 6. The second kappa shape index (κ2) is 9.60. The third-order valence-electron chi connectivity index (χ3n) is 5.77. The minimum Gasteiger partial charge on any atom is -0.334 e. The van der Waals surface area contributed by atoms with E-state index in [4.69, 9.17) is 0 Å². The number of nitrogens with one attached hydrogen (secondary N) is 2. The summed E-state index contributed by atoms with van der Waals surface area (Å²) in [6, 6.07) is 7.76. The van der Waals surface area contributed by atoms with Crippen LogP contribution in [0, 0.1) is 11.8 Å². The first kappa shape index (κ1) is 22.1. The van der Waals surface area contributed by atoms with Crippen molar-refractivity contribution in [3.63, 3.8) is 0 Å². The molecule has 168 valence electrons. The highest BCUT2D eigenvalue weighted by molar-refractivity contribution is 9.10. The lowest BCUT2D eigenvalue weighted by atomic mass is 9.86. The summed E-state index contributed by atoms with van der Waals surface area (Å²) in [6.45, 7) is 1.35. The number of aromatic nitrogens is 3. The molecule has 1 aromatic heterocycles. The first-order valence-electron chi connectivity index (χ1n) is 10.4. The largest absolute Gasteiger partial charge is 0.334 e. The fourth-order valence-electron chi connectivity index (χ4n) is 4.12. The number of anilines is 1. The quantitative estimate of drug-likeness (QED) is 0.468. The van der Waals surface area contributed by atoms with Crippen molar-refractivity contribution < 1.29 is 19.2 Å². The maximum Gasteiger partial charge on any atom is 0.316 e. The van der Waals surface area contributed by atoms with Crippen molar-refractivity contribution in [1.29, 1.82) is 0 Å². The van der Waals surface area contributed by atoms with Crippen LogP contribution < -0.4 is 10.6 Å². The summed E-state index contributed by atoms with van der Waals surface area (Å²) in [5.74, 6) is -1.79. The molecule has 3 heterocycles. The molecular weight excluding hydrogens is 480 g/mol. The number of benzene rings is 1. The van der Waals surface area contributed by atoms with Crippen LogP contribution in [0.1, 0.15) is 31.2 Å². The molecule has 4 amide bonds. The molecule has 1 atom stereocenters. The van der Waals surface area contributed by atoms with Crippen molar-refractivity contribution in [3.05, 3.63) is 40.6 Å². The van der Waals surface area contributed by atoms with Crippen LogP contribution in [0.3, 0.4) is 0 Å². The average Bonchev–Trinajstić information content (AvgIpc) is 3.33. The van der Waals surface area contributed by atoms with Gasteiger partial charge >= 0.3 is 11.8 Å². The molecule has 10 nitrogen and oxygen atoms in total. The topological polar surface area (TPSA) is 126 Å². The third kappa shape index (κ3) is 5.39. The lowest BCUT2D eigenvalue weighted by Gasteiger charge is -2.32. The Kier molecular flexibility index (Phi) is 6.63. The van der Waals surface area contributed by atoms with Gasteiger partial charge in [0, 0.05) is 29.9 Å². The van der Waals surface area contributed by atoms with Gasteiger partial charge in [-0.1, -0.05) is 28.1 Å². The van der Waals surface area contributed by atoms with Crippen LogP contribution in [0.15, 0.2) is 35.1 Å². The zero-order valence-corrected chi connectivity index (χ0v) is 18.9. The molecule has 0 saturated carbocycles. The predicted octanol–water partition coefficient (Wildman–Crippen LogP) is 1.32. The molecule has 1 unspecified atom stereocenters. The van der Waals surface area contributed by atoms with Gasteiger partial charge in [0.2, 0.25) is 17.8 Å². The molecule has 0 spiro atoms. The summed E-state index contributed by atoms with van der Waals surface area (Å²) in [4.78, 5) is 53.5. The maximum atomic E-state index is 12.5. The Hall–Kier alpha value is -3.08. The van der Waals surface area contributed by atoms with E-state index in [1.807, 2.05) is 24.3 Å². The number of imide groups is 1. The van der Waals surface area contributed by atoms with Crippen molar-refractivity contribution >= 4 is 45.5 Å². The van der Waals surface area contributed by atoms with Gasteiger partial charge in [0.15, 0.2) is 0 Å². The van der Waals surface area contributed by atoms with Gasteiger partial charge < -0.3 is 4.90 Å². The van der Waals surface area contributed by atoms with Crippen LogP contribution in [0.5, 0.6) is 0 Å². The average molecular weight is 503 g/mol. The number of nitrogens with zero attached hydrogens (tertiary/aromatic N) is 4. The molecule has 2 saturated heterocycles. The number of halogens is 1. The number of likely N-dealkylation sites (tertiary alicyclic amines) is 1. The monoisotopic (exact) mass is 502 g/mol. The zero-order chi connectivity index (χ0) is 22.7. The Morgan fingerprint density at radius 2 is 2.00 bits per heavy atom. The predicted molar refractivity (Wildman–Crippen MR) is 117 cm³/mol. The lowest BCUT2D eigenvalue weighted by molar-refractivity contribution is -0.144. The number of rotatable bonds is 5. The fraction of sp³-hybridized carbons (Fsp3) is 0.429. The molecular formula is C21H23BrN6O4. The van der Waals surface area contributed by atoms with Crippen LogP contribution >= 0.6 is 15.9 Å². The normalized spacial score (nSPS) is 19.2. The van der Waals surface area contributed by atoms with Crippen molar-refractivity contribution in [3.8, 4) is 0 Å². The molecule has 0 bridgehead atoms. The van der Waals surface area contributed by atoms with Gasteiger partial charge in [0.25, 0.3) is 0 Å². The van der Waals surface area contributed by atoms with Gasteiger partial charge in [-0.2, -0.15) is 0 Å². The van der Waals surface area contributed by atoms with Crippen LogP contribution in [-0.4, -0.2) is 56.4 Å². The van der Waals surface area contributed by atoms with Crippen LogP contribution in [0.25, 0.3) is 0 Å². The van der Waals surface area contributed by atoms with Crippen molar-refractivity contribution in [2.24, 2.45) is 11.8 Å². The molecule has 2 N–H and O–H groups in total. The zero-order valence-electron chi connectivity index (χ0n) is 17.3. The highest BCUT2D eigenvalue weighted by atomic mass is 79.9. The lowest BCUT2D eigenvalue weighted by Crippen LogP contribution is -2.44. The summed E-state index contributed by atoms with van der Waals surface area (Å²) in [5.41, 5.74) is 1.01.